The molecule has 4 rings (SSSR count). The summed E-state index contributed by atoms with van der Waals surface area (Å²) in [6, 6.07) is 19.0. The number of para-hydroxylation sites is 1. The molecule has 1 amide bonds. The molecule has 0 saturated carbocycles. The first-order valence-corrected chi connectivity index (χ1v) is 8.15. The summed E-state index contributed by atoms with van der Waals surface area (Å²) in [5.74, 6) is -0.458. The monoisotopic (exact) mass is 341 g/mol. The lowest BCUT2D eigenvalue weighted by Gasteiger charge is -2.11. The van der Waals surface area contributed by atoms with Gasteiger partial charge in [-0.1, -0.05) is 48.5 Å². The van der Waals surface area contributed by atoms with Crippen molar-refractivity contribution in [3.8, 4) is 11.1 Å². The largest absolute Gasteiger partial charge is 0.360 e. The Bertz CT molecular complexity index is 1150. The molecule has 5 nitrogen and oxygen atoms in total. The van der Waals surface area contributed by atoms with Crippen LogP contribution in [0, 0.1) is 0 Å². The molecule has 26 heavy (non-hydrogen) atoms. The average Bonchev–Trinajstić information content (AvgIpc) is 2.69. The zero-order chi connectivity index (χ0) is 17.9. The van der Waals surface area contributed by atoms with Gasteiger partial charge in [0.15, 0.2) is 0 Å². The highest BCUT2D eigenvalue weighted by Crippen LogP contribution is 2.27. The number of hydrogen-bond acceptors (Lipinski definition) is 3. The molecular formula is C21H15N3O2. The molecule has 126 valence electrons. The summed E-state index contributed by atoms with van der Waals surface area (Å²) < 4.78 is 0. The Morgan fingerprint density at radius 1 is 0.962 bits per heavy atom. The minimum Gasteiger partial charge on any atom is -0.360 e. The van der Waals surface area contributed by atoms with E-state index in [1.807, 2.05) is 54.6 Å². The van der Waals surface area contributed by atoms with Crippen LogP contribution in [0.2, 0.25) is 0 Å². The summed E-state index contributed by atoms with van der Waals surface area (Å²) >= 11 is 0. The van der Waals surface area contributed by atoms with Gasteiger partial charge in [0, 0.05) is 29.8 Å². The molecule has 2 N–H and O–H groups in total. The van der Waals surface area contributed by atoms with Gasteiger partial charge in [0.1, 0.15) is 5.56 Å². The number of fused-ring (bicyclic) bond motifs is 1. The Morgan fingerprint density at radius 2 is 1.73 bits per heavy atom. The highest BCUT2D eigenvalue weighted by molar-refractivity contribution is 6.07. The van der Waals surface area contributed by atoms with Gasteiger partial charge in [-0.3, -0.25) is 14.6 Å². The fourth-order valence-electron chi connectivity index (χ4n) is 2.88. The number of aromatic amines is 1. The number of anilines is 1. The lowest BCUT2D eigenvalue weighted by atomic mass is 10.0. The van der Waals surface area contributed by atoms with E-state index in [4.69, 9.17) is 0 Å². The number of nitrogens with zero attached hydrogens (tertiary/aromatic N) is 1. The van der Waals surface area contributed by atoms with Gasteiger partial charge >= 0.3 is 0 Å². The van der Waals surface area contributed by atoms with E-state index < -0.39 is 5.91 Å². The number of H-pyrrole nitrogens is 1. The predicted molar refractivity (Wildman–Crippen MR) is 102 cm³/mol. The van der Waals surface area contributed by atoms with Gasteiger partial charge in [0.25, 0.3) is 5.91 Å². The third-order valence-corrected chi connectivity index (χ3v) is 4.19. The zero-order valence-electron chi connectivity index (χ0n) is 13.8. The first-order valence-electron chi connectivity index (χ1n) is 8.15. The second-order valence-electron chi connectivity index (χ2n) is 5.82. The molecule has 0 atom stereocenters. The second kappa shape index (κ2) is 6.64. The summed E-state index contributed by atoms with van der Waals surface area (Å²) in [7, 11) is 0. The van der Waals surface area contributed by atoms with Crippen molar-refractivity contribution in [2.45, 2.75) is 0 Å². The van der Waals surface area contributed by atoms with E-state index in [9.17, 15) is 9.59 Å². The molecule has 0 saturated heterocycles. The summed E-state index contributed by atoms with van der Waals surface area (Å²) in [6.07, 6.45) is 4.49. The van der Waals surface area contributed by atoms with Gasteiger partial charge in [-0.25, -0.2) is 0 Å². The normalized spacial score (nSPS) is 10.6. The Hall–Kier alpha value is -3.73. The van der Waals surface area contributed by atoms with Crippen LogP contribution in [0.1, 0.15) is 10.4 Å². The Morgan fingerprint density at radius 3 is 2.58 bits per heavy atom. The van der Waals surface area contributed by atoms with Crippen LogP contribution < -0.4 is 10.7 Å². The Kier molecular flexibility index (Phi) is 4.03. The first-order chi connectivity index (χ1) is 12.7. The predicted octanol–water partition coefficient (Wildman–Crippen LogP) is 3.84. The van der Waals surface area contributed by atoms with Crippen molar-refractivity contribution < 1.29 is 4.79 Å². The minimum absolute atomic E-state index is 0.0494. The molecule has 2 aromatic heterocycles. The van der Waals surface area contributed by atoms with Crippen LogP contribution in [-0.4, -0.2) is 15.9 Å². The maximum atomic E-state index is 12.7. The number of aromatic nitrogens is 2. The molecule has 0 spiro atoms. The number of pyridine rings is 2. The number of amides is 1. The van der Waals surface area contributed by atoms with Gasteiger partial charge in [-0.15, -0.1) is 0 Å². The quantitative estimate of drug-likeness (QED) is 0.594. The zero-order valence-corrected chi connectivity index (χ0v) is 13.8. The van der Waals surface area contributed by atoms with Gasteiger partial charge in [0.2, 0.25) is 5.43 Å². The summed E-state index contributed by atoms with van der Waals surface area (Å²) in [5.41, 5.74) is 2.87. The minimum atomic E-state index is -0.458. The molecule has 2 heterocycles. The highest BCUT2D eigenvalue weighted by Gasteiger charge is 2.15. The third-order valence-electron chi connectivity index (χ3n) is 4.19. The molecule has 0 aliphatic heterocycles. The third kappa shape index (κ3) is 2.86. The van der Waals surface area contributed by atoms with E-state index in [0.29, 0.717) is 16.6 Å². The highest BCUT2D eigenvalue weighted by atomic mass is 16.2. The fourth-order valence-corrected chi connectivity index (χ4v) is 2.88. The molecule has 0 aliphatic carbocycles. The van der Waals surface area contributed by atoms with Crippen LogP contribution in [0.3, 0.4) is 0 Å². The summed E-state index contributed by atoms with van der Waals surface area (Å²) in [4.78, 5) is 32.2. The molecule has 0 fully saturated rings. The van der Waals surface area contributed by atoms with E-state index in [0.717, 1.165) is 11.1 Å². The van der Waals surface area contributed by atoms with Crippen LogP contribution in [0.4, 0.5) is 5.69 Å². The van der Waals surface area contributed by atoms with Crippen molar-refractivity contribution >= 4 is 22.5 Å². The second-order valence-corrected chi connectivity index (χ2v) is 5.82. The van der Waals surface area contributed by atoms with Gasteiger partial charge in [-0.05, 0) is 17.7 Å². The van der Waals surface area contributed by atoms with E-state index in [2.05, 4.69) is 15.3 Å². The topological polar surface area (TPSA) is 74.8 Å². The Labute approximate surface area is 149 Å². The van der Waals surface area contributed by atoms with E-state index in [-0.39, 0.29) is 11.0 Å². The van der Waals surface area contributed by atoms with Crippen molar-refractivity contribution in [3.63, 3.8) is 0 Å². The number of carbonyl (C=O) groups is 1. The number of benzene rings is 2. The number of nitrogens with one attached hydrogen (secondary N) is 2. The lowest BCUT2D eigenvalue weighted by molar-refractivity contribution is 0.102. The number of hydrogen-bond donors (Lipinski definition) is 2. The van der Waals surface area contributed by atoms with Crippen LogP contribution in [0.25, 0.3) is 22.0 Å². The molecule has 0 radical (unpaired) electrons. The molecule has 5 heteroatoms. The van der Waals surface area contributed by atoms with Gasteiger partial charge in [0.05, 0.1) is 10.9 Å². The summed E-state index contributed by atoms with van der Waals surface area (Å²) in [6.45, 7) is 0. The fraction of sp³-hybridized carbons (Fsp3) is 0. The van der Waals surface area contributed by atoms with E-state index >= 15 is 0 Å². The van der Waals surface area contributed by atoms with Crippen LogP contribution >= 0.6 is 0 Å². The molecule has 0 unspecified atom stereocenters. The molecule has 4 aromatic rings. The molecule has 2 aromatic carbocycles. The van der Waals surface area contributed by atoms with Crippen molar-refractivity contribution in [2.24, 2.45) is 0 Å². The van der Waals surface area contributed by atoms with Crippen LogP contribution in [0.15, 0.2) is 84.0 Å². The number of rotatable bonds is 3. The van der Waals surface area contributed by atoms with Crippen LogP contribution in [-0.2, 0) is 0 Å². The van der Waals surface area contributed by atoms with E-state index in [1.165, 1.54) is 12.4 Å². The number of carbonyl (C=O) groups excluding carboxylic acids is 1. The lowest BCUT2D eigenvalue weighted by Crippen LogP contribution is -2.22. The molecular weight excluding hydrogens is 326 g/mol. The maximum Gasteiger partial charge on any atom is 0.261 e. The SMILES string of the molecule is O=C(Nc1ccccc1-c1ccccc1)c1c[nH]c2ccncc2c1=O. The first kappa shape index (κ1) is 15.8. The smallest absolute Gasteiger partial charge is 0.261 e. The maximum absolute atomic E-state index is 12.7. The van der Waals surface area contributed by atoms with Gasteiger partial charge < -0.3 is 10.3 Å². The van der Waals surface area contributed by atoms with Crippen molar-refractivity contribution in [1.82, 2.24) is 9.97 Å². The van der Waals surface area contributed by atoms with Crippen molar-refractivity contribution in [2.75, 3.05) is 5.32 Å². The summed E-state index contributed by atoms with van der Waals surface area (Å²) in [5, 5.41) is 3.24. The van der Waals surface area contributed by atoms with Crippen LogP contribution in [0.5, 0.6) is 0 Å². The van der Waals surface area contributed by atoms with Crippen molar-refractivity contribution in [1.29, 1.82) is 0 Å². The molecule has 0 bridgehead atoms. The van der Waals surface area contributed by atoms with E-state index in [1.54, 1.807) is 12.3 Å². The Balaban J connectivity index is 1.72. The van der Waals surface area contributed by atoms with Gasteiger partial charge in [-0.2, -0.15) is 0 Å². The van der Waals surface area contributed by atoms with Crippen molar-refractivity contribution in [3.05, 3.63) is 95.0 Å². The average molecular weight is 341 g/mol. The standard InChI is InChI=1S/C21H15N3O2/c25-20-16-12-22-11-10-18(16)23-13-17(20)21(26)24-19-9-5-4-8-15(19)14-6-2-1-3-7-14/h1-13H,(H,23,25)(H,24,26). The molecule has 0 aliphatic rings.